The second-order valence-corrected chi connectivity index (χ2v) is 8.63. The van der Waals surface area contributed by atoms with Gasteiger partial charge in [-0.3, -0.25) is 9.69 Å². The van der Waals surface area contributed by atoms with Gasteiger partial charge >= 0.3 is 0 Å². The number of allylic oxidation sites excluding steroid dienone is 1. The molecule has 4 rings (SSSR count). The highest BCUT2D eigenvalue weighted by atomic mass is 16.5. The number of nitrogens with zero attached hydrogens (tertiary/aromatic N) is 1. The fourth-order valence-electron chi connectivity index (χ4n) is 4.87. The zero-order valence-corrected chi connectivity index (χ0v) is 16.5. The Morgan fingerprint density at radius 2 is 2.00 bits per heavy atom. The van der Waals surface area contributed by atoms with E-state index in [4.69, 9.17) is 4.74 Å². The third kappa shape index (κ3) is 4.44. The number of carbonyl (C=O) groups is 1. The van der Waals surface area contributed by atoms with Gasteiger partial charge in [-0.25, -0.2) is 0 Å². The van der Waals surface area contributed by atoms with Gasteiger partial charge in [-0.05, 0) is 37.2 Å². The van der Waals surface area contributed by atoms with Crippen LogP contribution in [0.5, 0.6) is 0 Å². The van der Waals surface area contributed by atoms with Crippen LogP contribution in [0.15, 0.2) is 42.0 Å². The molecule has 27 heavy (non-hydrogen) atoms. The SMILES string of the molecule is CC(NC(=O)C1CN(Cc2ccccc2)CCO1)C1=CC2(CCCCC2)C1. The largest absolute Gasteiger partial charge is 0.366 e. The normalized spacial score (nSPS) is 26.1. The number of morpholine rings is 1. The Labute approximate surface area is 163 Å². The summed E-state index contributed by atoms with van der Waals surface area (Å²) in [5.74, 6) is 0.0331. The first kappa shape index (κ1) is 18.7. The molecule has 1 amide bonds. The first-order valence-electron chi connectivity index (χ1n) is 10.5. The van der Waals surface area contributed by atoms with E-state index in [2.05, 4.69) is 47.5 Å². The van der Waals surface area contributed by atoms with Gasteiger partial charge in [0.15, 0.2) is 0 Å². The molecule has 1 saturated carbocycles. The Hall–Kier alpha value is -1.65. The van der Waals surface area contributed by atoms with Crippen LogP contribution in [0.2, 0.25) is 0 Å². The first-order valence-corrected chi connectivity index (χ1v) is 10.5. The van der Waals surface area contributed by atoms with Crippen LogP contribution in [0.4, 0.5) is 0 Å². The number of ether oxygens (including phenoxy) is 1. The summed E-state index contributed by atoms with van der Waals surface area (Å²) >= 11 is 0. The second kappa shape index (κ2) is 8.15. The molecule has 1 aromatic rings. The molecule has 1 heterocycles. The zero-order chi connectivity index (χ0) is 18.7. The van der Waals surface area contributed by atoms with Crippen LogP contribution in [-0.4, -0.2) is 42.6 Å². The summed E-state index contributed by atoms with van der Waals surface area (Å²) in [6.45, 7) is 5.14. The standard InChI is InChI=1S/C23H32N2O2/c1-18(20-14-23(15-20)10-6-3-7-11-23)24-22(26)21-17-25(12-13-27-21)16-19-8-4-2-5-9-19/h2,4-5,8-9,14,18,21H,3,6-7,10-13,15-17H2,1H3,(H,24,26). The molecule has 2 aliphatic carbocycles. The van der Waals surface area contributed by atoms with E-state index in [0.29, 0.717) is 18.6 Å². The van der Waals surface area contributed by atoms with E-state index >= 15 is 0 Å². The van der Waals surface area contributed by atoms with E-state index in [-0.39, 0.29) is 18.1 Å². The summed E-state index contributed by atoms with van der Waals surface area (Å²) < 4.78 is 5.78. The van der Waals surface area contributed by atoms with Gasteiger partial charge in [0.1, 0.15) is 6.10 Å². The lowest BCUT2D eigenvalue weighted by Crippen LogP contribution is -2.52. The van der Waals surface area contributed by atoms with Crippen molar-refractivity contribution < 1.29 is 9.53 Å². The first-order chi connectivity index (χ1) is 13.1. The molecule has 0 radical (unpaired) electrons. The summed E-state index contributed by atoms with van der Waals surface area (Å²) in [7, 11) is 0. The van der Waals surface area contributed by atoms with E-state index in [1.807, 2.05) is 6.07 Å². The van der Waals surface area contributed by atoms with Crippen LogP contribution in [0.25, 0.3) is 0 Å². The van der Waals surface area contributed by atoms with Crippen LogP contribution < -0.4 is 5.32 Å². The molecule has 1 N–H and O–H groups in total. The lowest BCUT2D eigenvalue weighted by atomic mass is 9.61. The molecular formula is C23H32N2O2. The number of nitrogens with one attached hydrogen (secondary N) is 1. The predicted molar refractivity (Wildman–Crippen MR) is 107 cm³/mol. The van der Waals surface area contributed by atoms with Crippen molar-refractivity contribution in [3.8, 4) is 0 Å². The molecule has 2 fully saturated rings. The summed E-state index contributed by atoms with van der Waals surface area (Å²) in [4.78, 5) is 15.0. The molecule has 0 aromatic heterocycles. The molecule has 4 heteroatoms. The van der Waals surface area contributed by atoms with Gasteiger partial charge in [0.05, 0.1) is 6.61 Å². The van der Waals surface area contributed by atoms with E-state index in [9.17, 15) is 4.79 Å². The number of rotatable bonds is 5. The minimum Gasteiger partial charge on any atom is -0.366 e. The average molecular weight is 369 g/mol. The predicted octanol–water partition coefficient (Wildman–Crippen LogP) is 3.67. The quantitative estimate of drug-likeness (QED) is 0.806. The Kier molecular flexibility index (Phi) is 5.65. The topological polar surface area (TPSA) is 41.6 Å². The number of hydrogen-bond acceptors (Lipinski definition) is 3. The van der Waals surface area contributed by atoms with Crippen LogP contribution in [-0.2, 0) is 16.1 Å². The summed E-state index contributed by atoms with van der Waals surface area (Å²) in [5, 5.41) is 3.20. The monoisotopic (exact) mass is 368 g/mol. The maximum atomic E-state index is 12.7. The molecule has 2 unspecified atom stereocenters. The Balaban J connectivity index is 1.28. The van der Waals surface area contributed by atoms with Crippen LogP contribution in [0.1, 0.15) is 51.0 Å². The molecule has 2 atom stereocenters. The maximum Gasteiger partial charge on any atom is 0.250 e. The summed E-state index contributed by atoms with van der Waals surface area (Å²) in [6.07, 6.45) is 10.0. The van der Waals surface area contributed by atoms with Crippen LogP contribution >= 0.6 is 0 Å². The fourth-order valence-corrected chi connectivity index (χ4v) is 4.87. The smallest absolute Gasteiger partial charge is 0.250 e. The van der Waals surface area contributed by atoms with E-state index in [1.54, 1.807) is 0 Å². The molecule has 1 saturated heterocycles. The van der Waals surface area contributed by atoms with Crippen molar-refractivity contribution in [2.24, 2.45) is 5.41 Å². The van der Waals surface area contributed by atoms with Crippen LogP contribution in [0.3, 0.4) is 0 Å². The van der Waals surface area contributed by atoms with Gasteiger partial charge in [0.2, 0.25) is 0 Å². The van der Waals surface area contributed by atoms with Gasteiger partial charge in [-0.1, -0.05) is 61.2 Å². The second-order valence-electron chi connectivity index (χ2n) is 8.63. The van der Waals surface area contributed by atoms with Gasteiger partial charge in [0, 0.05) is 25.7 Å². The van der Waals surface area contributed by atoms with Crippen molar-refractivity contribution in [2.75, 3.05) is 19.7 Å². The lowest BCUT2D eigenvalue weighted by Gasteiger charge is -2.45. The molecular weight excluding hydrogens is 336 g/mol. The molecule has 1 spiro atoms. The van der Waals surface area contributed by atoms with E-state index in [1.165, 1.54) is 49.7 Å². The third-order valence-corrected chi connectivity index (χ3v) is 6.50. The molecule has 4 nitrogen and oxygen atoms in total. The maximum absolute atomic E-state index is 12.7. The molecule has 0 bridgehead atoms. The number of hydrogen-bond donors (Lipinski definition) is 1. The summed E-state index contributed by atoms with van der Waals surface area (Å²) in [5.41, 5.74) is 3.15. The van der Waals surface area contributed by atoms with Gasteiger partial charge in [-0.2, -0.15) is 0 Å². The van der Waals surface area contributed by atoms with Crippen molar-refractivity contribution in [2.45, 2.75) is 64.1 Å². The van der Waals surface area contributed by atoms with Crippen molar-refractivity contribution in [3.05, 3.63) is 47.5 Å². The number of amides is 1. The Morgan fingerprint density at radius 3 is 2.74 bits per heavy atom. The minimum absolute atomic E-state index is 0.0331. The minimum atomic E-state index is -0.366. The number of benzene rings is 1. The third-order valence-electron chi connectivity index (χ3n) is 6.50. The van der Waals surface area contributed by atoms with Crippen molar-refractivity contribution in [1.29, 1.82) is 0 Å². The molecule has 146 valence electrons. The highest BCUT2D eigenvalue weighted by Crippen LogP contribution is 2.50. The van der Waals surface area contributed by atoms with E-state index in [0.717, 1.165) is 13.1 Å². The average Bonchev–Trinajstić information content (AvgIpc) is 2.67. The highest BCUT2D eigenvalue weighted by molar-refractivity contribution is 5.81. The lowest BCUT2D eigenvalue weighted by molar-refractivity contribution is -0.139. The van der Waals surface area contributed by atoms with Gasteiger partial charge < -0.3 is 10.1 Å². The molecule has 1 aliphatic heterocycles. The van der Waals surface area contributed by atoms with Crippen LogP contribution in [0, 0.1) is 5.41 Å². The van der Waals surface area contributed by atoms with E-state index < -0.39 is 0 Å². The van der Waals surface area contributed by atoms with Crippen molar-refractivity contribution >= 4 is 5.91 Å². The fraction of sp³-hybridized carbons (Fsp3) is 0.609. The highest BCUT2D eigenvalue weighted by Gasteiger charge is 2.39. The summed E-state index contributed by atoms with van der Waals surface area (Å²) in [6, 6.07) is 10.6. The van der Waals surface area contributed by atoms with Gasteiger partial charge in [0.25, 0.3) is 5.91 Å². The number of carbonyl (C=O) groups excluding carboxylic acids is 1. The molecule has 3 aliphatic rings. The Bertz CT molecular complexity index is 679. The van der Waals surface area contributed by atoms with Crippen molar-refractivity contribution in [3.63, 3.8) is 0 Å². The van der Waals surface area contributed by atoms with Gasteiger partial charge in [-0.15, -0.1) is 0 Å². The van der Waals surface area contributed by atoms with Crippen molar-refractivity contribution in [1.82, 2.24) is 10.2 Å². The molecule has 1 aromatic carbocycles. The zero-order valence-electron chi connectivity index (χ0n) is 16.5. The Morgan fingerprint density at radius 1 is 1.26 bits per heavy atom.